The molecule has 0 saturated carbocycles. The molecule has 1 rings (SSSR count). The van der Waals surface area contributed by atoms with E-state index < -0.39 is 0 Å². The van der Waals surface area contributed by atoms with Crippen LogP contribution in [0.4, 0.5) is 4.39 Å². The standard InChI is InChI=1S/C8H7BrFO/c9-7-3-6(1-2-11)4-8(10)5-7/h1,3-5,11H,2H2. The lowest BCUT2D eigenvalue weighted by atomic mass is 10.2. The molecule has 59 valence electrons. The van der Waals surface area contributed by atoms with Gasteiger partial charge in [0.2, 0.25) is 0 Å². The van der Waals surface area contributed by atoms with E-state index in [2.05, 4.69) is 15.9 Å². The monoisotopic (exact) mass is 217 g/mol. The highest BCUT2D eigenvalue weighted by Gasteiger charge is 1.97. The van der Waals surface area contributed by atoms with Gasteiger partial charge < -0.3 is 5.11 Å². The number of hydrogen-bond donors (Lipinski definition) is 1. The first kappa shape index (κ1) is 8.68. The second kappa shape index (κ2) is 3.83. The molecule has 0 aliphatic rings. The first-order valence-electron chi connectivity index (χ1n) is 3.12. The average Bonchev–Trinajstić information content (AvgIpc) is 1.85. The molecule has 0 atom stereocenters. The molecule has 0 fully saturated rings. The van der Waals surface area contributed by atoms with E-state index in [-0.39, 0.29) is 12.4 Å². The van der Waals surface area contributed by atoms with E-state index >= 15 is 0 Å². The summed E-state index contributed by atoms with van der Waals surface area (Å²) in [6.07, 6.45) is 1.54. The maximum absolute atomic E-state index is 12.6. The third-order valence-electron chi connectivity index (χ3n) is 1.21. The van der Waals surface area contributed by atoms with Gasteiger partial charge in [-0.3, -0.25) is 0 Å². The van der Waals surface area contributed by atoms with Gasteiger partial charge in [-0.15, -0.1) is 0 Å². The molecule has 1 aromatic rings. The van der Waals surface area contributed by atoms with E-state index in [0.29, 0.717) is 10.0 Å². The van der Waals surface area contributed by atoms with Gasteiger partial charge in [0.15, 0.2) is 0 Å². The van der Waals surface area contributed by atoms with Crippen LogP contribution in [0.1, 0.15) is 5.56 Å². The van der Waals surface area contributed by atoms with E-state index in [1.54, 1.807) is 6.07 Å². The molecule has 1 nitrogen and oxygen atoms in total. The Bertz CT molecular complexity index is 230. The van der Waals surface area contributed by atoms with Crippen molar-refractivity contribution in [1.29, 1.82) is 0 Å². The van der Waals surface area contributed by atoms with Crippen molar-refractivity contribution in [2.24, 2.45) is 0 Å². The van der Waals surface area contributed by atoms with Crippen LogP contribution < -0.4 is 0 Å². The number of benzene rings is 1. The van der Waals surface area contributed by atoms with Crippen molar-refractivity contribution in [1.82, 2.24) is 0 Å². The molecule has 0 heterocycles. The fraction of sp³-hybridized carbons (Fsp3) is 0.125. The van der Waals surface area contributed by atoms with Gasteiger partial charge in [0, 0.05) is 10.9 Å². The maximum Gasteiger partial charge on any atom is 0.124 e. The first-order valence-corrected chi connectivity index (χ1v) is 3.92. The van der Waals surface area contributed by atoms with Gasteiger partial charge >= 0.3 is 0 Å². The smallest absolute Gasteiger partial charge is 0.124 e. The Balaban J connectivity index is 2.89. The summed E-state index contributed by atoms with van der Waals surface area (Å²) in [5.74, 6) is -0.306. The Morgan fingerprint density at radius 3 is 2.73 bits per heavy atom. The molecule has 0 aliphatic heterocycles. The molecule has 0 bridgehead atoms. The van der Waals surface area contributed by atoms with E-state index in [9.17, 15) is 4.39 Å². The highest BCUT2D eigenvalue weighted by molar-refractivity contribution is 9.10. The zero-order valence-electron chi connectivity index (χ0n) is 5.72. The largest absolute Gasteiger partial charge is 0.396 e. The molecule has 1 radical (unpaired) electrons. The quantitative estimate of drug-likeness (QED) is 0.806. The molecule has 0 amide bonds. The number of aliphatic hydroxyl groups is 1. The lowest BCUT2D eigenvalue weighted by Gasteiger charge is -1.98. The summed E-state index contributed by atoms with van der Waals surface area (Å²) < 4.78 is 13.3. The van der Waals surface area contributed by atoms with Crippen molar-refractivity contribution < 1.29 is 9.50 Å². The highest BCUT2D eigenvalue weighted by Crippen LogP contribution is 2.15. The summed E-state index contributed by atoms with van der Waals surface area (Å²) in [6.45, 7) is -0.0735. The van der Waals surface area contributed by atoms with E-state index in [0.717, 1.165) is 0 Å². The topological polar surface area (TPSA) is 20.2 Å². The van der Waals surface area contributed by atoms with Crippen LogP contribution in [0, 0.1) is 12.2 Å². The van der Waals surface area contributed by atoms with Gasteiger partial charge in [-0.1, -0.05) is 15.9 Å². The molecule has 1 aromatic carbocycles. The van der Waals surface area contributed by atoms with E-state index in [1.165, 1.54) is 18.6 Å². The SMILES string of the molecule is OC[CH]c1cc(F)cc(Br)c1. The highest BCUT2D eigenvalue weighted by atomic mass is 79.9. The zero-order valence-corrected chi connectivity index (χ0v) is 7.31. The molecule has 0 saturated heterocycles. The molecular weight excluding hydrogens is 211 g/mol. The van der Waals surface area contributed by atoms with Crippen LogP contribution in [0.15, 0.2) is 22.7 Å². The molecule has 3 heteroatoms. The lowest BCUT2D eigenvalue weighted by Crippen LogP contribution is -1.88. The Kier molecular flexibility index (Phi) is 3.02. The maximum atomic E-state index is 12.6. The van der Waals surface area contributed by atoms with Crippen LogP contribution in [0.25, 0.3) is 0 Å². The summed E-state index contributed by atoms with van der Waals surface area (Å²) in [7, 11) is 0. The summed E-state index contributed by atoms with van der Waals surface area (Å²) in [5.41, 5.74) is 0.680. The first-order chi connectivity index (χ1) is 5.22. The van der Waals surface area contributed by atoms with E-state index in [4.69, 9.17) is 5.11 Å². The summed E-state index contributed by atoms with van der Waals surface area (Å²) >= 11 is 3.14. The van der Waals surface area contributed by atoms with Crippen LogP contribution in [0.3, 0.4) is 0 Å². The summed E-state index contributed by atoms with van der Waals surface area (Å²) in [6, 6.07) is 4.47. The van der Waals surface area contributed by atoms with Crippen molar-refractivity contribution in [2.75, 3.05) is 6.61 Å². The van der Waals surface area contributed by atoms with Crippen molar-refractivity contribution in [2.45, 2.75) is 0 Å². The zero-order chi connectivity index (χ0) is 8.27. The van der Waals surface area contributed by atoms with Gasteiger partial charge in [-0.05, 0) is 23.8 Å². The molecule has 0 aromatic heterocycles. The van der Waals surface area contributed by atoms with Gasteiger partial charge in [0.25, 0.3) is 0 Å². The Morgan fingerprint density at radius 2 is 2.18 bits per heavy atom. The normalized spacial score (nSPS) is 10.1. The minimum Gasteiger partial charge on any atom is -0.396 e. The lowest BCUT2D eigenvalue weighted by molar-refractivity contribution is 0.331. The van der Waals surface area contributed by atoms with Crippen molar-refractivity contribution >= 4 is 15.9 Å². The van der Waals surface area contributed by atoms with Crippen LogP contribution in [0.5, 0.6) is 0 Å². The number of rotatable bonds is 2. The van der Waals surface area contributed by atoms with Gasteiger partial charge in [0.05, 0.1) is 6.61 Å². The van der Waals surface area contributed by atoms with Gasteiger partial charge in [-0.2, -0.15) is 0 Å². The third kappa shape index (κ3) is 2.60. The Morgan fingerprint density at radius 1 is 1.45 bits per heavy atom. The van der Waals surface area contributed by atoms with Crippen molar-refractivity contribution in [3.63, 3.8) is 0 Å². The fourth-order valence-electron chi connectivity index (χ4n) is 0.798. The van der Waals surface area contributed by atoms with Crippen LogP contribution in [0.2, 0.25) is 0 Å². The minimum atomic E-state index is -0.306. The van der Waals surface area contributed by atoms with Crippen LogP contribution >= 0.6 is 15.9 Å². The van der Waals surface area contributed by atoms with E-state index in [1.807, 2.05) is 0 Å². The number of hydrogen-bond acceptors (Lipinski definition) is 1. The predicted molar refractivity (Wildman–Crippen MR) is 44.6 cm³/mol. The minimum absolute atomic E-state index is 0.0735. The summed E-state index contributed by atoms with van der Waals surface area (Å²) in [5, 5.41) is 8.51. The molecule has 1 N–H and O–H groups in total. The Labute approximate surface area is 73.0 Å². The van der Waals surface area contributed by atoms with Crippen molar-refractivity contribution in [3.05, 3.63) is 40.5 Å². The predicted octanol–water partition coefficient (Wildman–Crippen LogP) is 2.13. The molecular formula is C8H7BrFO. The van der Waals surface area contributed by atoms with Crippen LogP contribution in [-0.4, -0.2) is 11.7 Å². The Hall–Kier alpha value is -0.410. The number of halogens is 2. The molecule has 0 aliphatic carbocycles. The fourth-order valence-corrected chi connectivity index (χ4v) is 1.28. The van der Waals surface area contributed by atoms with Gasteiger partial charge in [0.1, 0.15) is 5.82 Å². The molecule has 11 heavy (non-hydrogen) atoms. The van der Waals surface area contributed by atoms with Crippen LogP contribution in [-0.2, 0) is 0 Å². The number of aliphatic hydroxyl groups excluding tert-OH is 1. The third-order valence-corrected chi connectivity index (χ3v) is 1.67. The molecule has 0 spiro atoms. The summed E-state index contributed by atoms with van der Waals surface area (Å²) in [4.78, 5) is 0. The second-order valence-electron chi connectivity index (χ2n) is 2.09. The van der Waals surface area contributed by atoms with Crippen molar-refractivity contribution in [3.8, 4) is 0 Å². The molecule has 0 unspecified atom stereocenters. The average molecular weight is 218 g/mol. The second-order valence-corrected chi connectivity index (χ2v) is 3.01. The van der Waals surface area contributed by atoms with Gasteiger partial charge in [-0.25, -0.2) is 4.39 Å².